The Balaban J connectivity index is 1.80. The number of amides is 1. The number of hydrogen-bond donors (Lipinski definition) is 1. The van der Waals surface area contributed by atoms with Crippen LogP contribution in [0, 0.1) is 0 Å². The molecule has 4 rings (SSSR count). The van der Waals surface area contributed by atoms with E-state index in [-0.39, 0.29) is 23.1 Å². The molecule has 1 N–H and O–H groups in total. The number of benzene rings is 1. The minimum absolute atomic E-state index is 0.0506. The lowest BCUT2D eigenvalue weighted by Gasteiger charge is -2.30. The standard InChI is InChI=1S/C25H29F2N3O4/c1-5-25(6-2,33-4)16-9-10-30-18(14-28-21(30)13-16)15-11-19(32-3)22(20(12-15)34-24(26)27)23(31)29-17-7-8-17/h9-14,17,24H,5-8H2,1-4H3,(H,29,31). The van der Waals surface area contributed by atoms with Crippen LogP contribution in [0.4, 0.5) is 8.78 Å². The molecule has 0 spiro atoms. The third kappa shape index (κ3) is 4.44. The van der Waals surface area contributed by atoms with Crippen LogP contribution in [0.5, 0.6) is 11.5 Å². The molecule has 0 atom stereocenters. The smallest absolute Gasteiger partial charge is 0.387 e. The van der Waals surface area contributed by atoms with E-state index in [0.717, 1.165) is 31.2 Å². The Morgan fingerprint density at radius 3 is 2.50 bits per heavy atom. The van der Waals surface area contributed by atoms with Crippen molar-refractivity contribution < 1.29 is 27.8 Å². The van der Waals surface area contributed by atoms with Gasteiger partial charge in [0.25, 0.3) is 5.91 Å². The van der Waals surface area contributed by atoms with Gasteiger partial charge in [-0.25, -0.2) is 4.98 Å². The van der Waals surface area contributed by atoms with Gasteiger partial charge < -0.3 is 19.5 Å². The van der Waals surface area contributed by atoms with E-state index < -0.39 is 18.1 Å². The molecule has 34 heavy (non-hydrogen) atoms. The van der Waals surface area contributed by atoms with Gasteiger partial charge in [0, 0.05) is 24.9 Å². The fraction of sp³-hybridized carbons (Fsp3) is 0.440. The van der Waals surface area contributed by atoms with Gasteiger partial charge in [0.2, 0.25) is 0 Å². The molecule has 1 aliphatic carbocycles. The SMILES string of the molecule is CCC(CC)(OC)c1ccn2c(-c3cc(OC)c(C(=O)NC4CC4)c(OC(F)F)c3)cnc2c1. The molecular weight excluding hydrogens is 444 g/mol. The number of nitrogens with zero attached hydrogens (tertiary/aromatic N) is 2. The molecule has 182 valence electrons. The van der Waals surface area contributed by atoms with Gasteiger partial charge in [0.1, 0.15) is 22.7 Å². The average Bonchev–Trinajstić information content (AvgIpc) is 3.54. The van der Waals surface area contributed by atoms with E-state index in [2.05, 4.69) is 24.1 Å². The van der Waals surface area contributed by atoms with Gasteiger partial charge in [-0.15, -0.1) is 0 Å². The predicted octanol–water partition coefficient (Wildman–Crippen LogP) is 5.17. The summed E-state index contributed by atoms with van der Waals surface area (Å²) in [7, 11) is 3.09. The first kappa shape index (κ1) is 23.9. The summed E-state index contributed by atoms with van der Waals surface area (Å²) in [4.78, 5) is 17.3. The Labute approximate surface area is 197 Å². The first-order valence-corrected chi connectivity index (χ1v) is 11.4. The highest BCUT2D eigenvalue weighted by atomic mass is 19.3. The normalized spacial score (nSPS) is 14.0. The second kappa shape index (κ2) is 9.58. The van der Waals surface area contributed by atoms with Crippen LogP contribution in [-0.2, 0) is 10.3 Å². The maximum atomic E-state index is 13.2. The number of halogens is 2. The van der Waals surface area contributed by atoms with Crippen LogP contribution < -0.4 is 14.8 Å². The molecule has 0 unspecified atom stereocenters. The van der Waals surface area contributed by atoms with E-state index in [4.69, 9.17) is 14.2 Å². The van der Waals surface area contributed by atoms with Crippen LogP contribution in [0.25, 0.3) is 16.9 Å². The van der Waals surface area contributed by atoms with Crippen LogP contribution in [0.2, 0.25) is 0 Å². The quantitative estimate of drug-likeness (QED) is 0.440. The lowest BCUT2D eigenvalue weighted by molar-refractivity contribution is -0.0502. The molecule has 1 aliphatic rings. The third-order valence-corrected chi connectivity index (χ3v) is 6.51. The molecule has 0 bridgehead atoms. The van der Waals surface area contributed by atoms with E-state index in [1.54, 1.807) is 19.4 Å². The van der Waals surface area contributed by atoms with Gasteiger partial charge in [-0.05, 0) is 55.5 Å². The minimum Gasteiger partial charge on any atom is -0.496 e. The van der Waals surface area contributed by atoms with Crippen molar-refractivity contribution in [3.05, 3.63) is 47.8 Å². The highest BCUT2D eigenvalue weighted by Gasteiger charge is 2.30. The van der Waals surface area contributed by atoms with Crippen LogP contribution in [0.1, 0.15) is 55.5 Å². The van der Waals surface area contributed by atoms with Crippen LogP contribution in [0.3, 0.4) is 0 Å². The number of aromatic nitrogens is 2. The van der Waals surface area contributed by atoms with Crippen molar-refractivity contribution in [3.63, 3.8) is 0 Å². The number of ether oxygens (including phenoxy) is 3. The lowest BCUT2D eigenvalue weighted by Crippen LogP contribution is -2.27. The van der Waals surface area contributed by atoms with Crippen molar-refractivity contribution >= 4 is 11.6 Å². The van der Waals surface area contributed by atoms with Crippen LogP contribution in [0.15, 0.2) is 36.7 Å². The maximum Gasteiger partial charge on any atom is 0.387 e. The van der Waals surface area contributed by atoms with Gasteiger partial charge in [-0.2, -0.15) is 8.78 Å². The Hall–Kier alpha value is -3.20. The van der Waals surface area contributed by atoms with Crippen molar-refractivity contribution in [3.8, 4) is 22.8 Å². The molecule has 0 radical (unpaired) electrons. The molecule has 1 aromatic carbocycles. The number of carbonyl (C=O) groups excluding carboxylic acids is 1. The number of rotatable bonds is 10. The average molecular weight is 474 g/mol. The molecule has 1 saturated carbocycles. The molecule has 0 aliphatic heterocycles. The van der Waals surface area contributed by atoms with Crippen molar-refractivity contribution in [2.24, 2.45) is 0 Å². The van der Waals surface area contributed by atoms with E-state index in [1.165, 1.54) is 13.2 Å². The first-order chi connectivity index (χ1) is 16.4. The molecule has 9 heteroatoms. The molecule has 3 aromatic rings. The van der Waals surface area contributed by atoms with E-state index in [0.29, 0.717) is 16.9 Å². The van der Waals surface area contributed by atoms with Crippen LogP contribution in [-0.4, -0.2) is 42.2 Å². The zero-order valence-electron chi connectivity index (χ0n) is 19.7. The molecule has 1 fully saturated rings. The van der Waals surface area contributed by atoms with Gasteiger partial charge in [0.05, 0.1) is 24.6 Å². The van der Waals surface area contributed by atoms with Gasteiger partial charge in [-0.3, -0.25) is 9.20 Å². The third-order valence-electron chi connectivity index (χ3n) is 6.51. The maximum absolute atomic E-state index is 13.2. The number of fused-ring (bicyclic) bond motifs is 1. The fourth-order valence-electron chi connectivity index (χ4n) is 4.34. The summed E-state index contributed by atoms with van der Waals surface area (Å²) in [6, 6.07) is 7.04. The summed E-state index contributed by atoms with van der Waals surface area (Å²) in [5, 5.41) is 2.81. The summed E-state index contributed by atoms with van der Waals surface area (Å²) in [6.45, 7) is 1.06. The molecule has 7 nitrogen and oxygen atoms in total. The van der Waals surface area contributed by atoms with Crippen molar-refractivity contribution in [2.45, 2.75) is 57.8 Å². The summed E-state index contributed by atoms with van der Waals surface area (Å²) in [5.41, 5.74) is 2.40. The van der Waals surface area contributed by atoms with E-state index in [9.17, 15) is 13.6 Å². The summed E-state index contributed by atoms with van der Waals surface area (Å²) in [5.74, 6) is -0.600. The summed E-state index contributed by atoms with van der Waals surface area (Å²) < 4.78 is 44.3. The van der Waals surface area contributed by atoms with Crippen LogP contribution >= 0.6 is 0 Å². The second-order valence-electron chi connectivity index (χ2n) is 8.37. The number of methoxy groups -OCH3 is 2. The van der Waals surface area contributed by atoms with E-state index in [1.807, 2.05) is 22.7 Å². The predicted molar refractivity (Wildman–Crippen MR) is 124 cm³/mol. The molecule has 2 heterocycles. The van der Waals surface area contributed by atoms with Crippen molar-refractivity contribution in [2.75, 3.05) is 14.2 Å². The number of imidazole rings is 1. The highest BCUT2D eigenvalue weighted by molar-refractivity contribution is 6.01. The monoisotopic (exact) mass is 473 g/mol. The van der Waals surface area contributed by atoms with Gasteiger partial charge in [-0.1, -0.05) is 13.8 Å². The topological polar surface area (TPSA) is 74.1 Å². The van der Waals surface area contributed by atoms with Gasteiger partial charge in [0.15, 0.2) is 0 Å². The highest BCUT2D eigenvalue weighted by Crippen LogP contribution is 2.38. The zero-order valence-corrected chi connectivity index (χ0v) is 19.7. The number of pyridine rings is 1. The van der Waals surface area contributed by atoms with Crippen molar-refractivity contribution in [1.82, 2.24) is 14.7 Å². The molecule has 1 amide bonds. The van der Waals surface area contributed by atoms with E-state index >= 15 is 0 Å². The summed E-state index contributed by atoms with van der Waals surface area (Å²) >= 11 is 0. The lowest BCUT2D eigenvalue weighted by atomic mass is 9.89. The number of hydrogen-bond acceptors (Lipinski definition) is 5. The zero-order chi connectivity index (χ0) is 24.5. The number of alkyl halides is 2. The Kier molecular flexibility index (Phi) is 6.74. The van der Waals surface area contributed by atoms with Gasteiger partial charge >= 0.3 is 6.61 Å². The second-order valence-corrected chi connectivity index (χ2v) is 8.37. The molecule has 0 saturated heterocycles. The Morgan fingerprint density at radius 2 is 1.91 bits per heavy atom. The Morgan fingerprint density at radius 1 is 1.21 bits per heavy atom. The molecular formula is C25H29F2N3O4. The largest absolute Gasteiger partial charge is 0.496 e. The minimum atomic E-state index is -3.09. The molecule has 2 aromatic heterocycles. The summed E-state index contributed by atoms with van der Waals surface area (Å²) in [6.07, 6.45) is 6.86. The first-order valence-electron chi connectivity index (χ1n) is 11.4. The van der Waals surface area contributed by atoms with Crippen molar-refractivity contribution in [1.29, 1.82) is 0 Å². The fourth-order valence-corrected chi connectivity index (χ4v) is 4.34. The Bertz CT molecular complexity index is 1180. The number of nitrogens with one attached hydrogen (secondary N) is 1. The number of carbonyl (C=O) groups is 1.